The Labute approximate surface area is 101 Å². The Kier molecular flexibility index (Phi) is 3.21. The van der Waals surface area contributed by atoms with Crippen LogP contribution >= 0.6 is 22.9 Å². The summed E-state index contributed by atoms with van der Waals surface area (Å²) in [4.78, 5) is 16.2. The molecule has 84 valence electrons. The largest absolute Gasteiger partial charge is 0.344 e. The highest BCUT2D eigenvalue weighted by Gasteiger charge is 2.14. The van der Waals surface area contributed by atoms with Crippen LogP contribution in [0.3, 0.4) is 0 Å². The van der Waals surface area contributed by atoms with Gasteiger partial charge in [0, 0.05) is 0 Å². The lowest BCUT2D eigenvalue weighted by Crippen LogP contribution is -2.22. The first-order valence-corrected chi connectivity index (χ1v) is 5.80. The first-order valence-electron chi connectivity index (χ1n) is 4.54. The van der Waals surface area contributed by atoms with Crippen LogP contribution in [0.4, 0.5) is 0 Å². The number of carbonyl (C=O) groups excluding carboxylic acids is 1. The zero-order chi connectivity index (χ0) is 11.5. The molecule has 2 aromatic rings. The Hall–Kier alpha value is -1.40. The number of aromatic amines is 1. The number of halogens is 1. The number of aryl methyl sites for hydroxylation is 1. The third kappa shape index (κ3) is 2.23. The van der Waals surface area contributed by atoms with Gasteiger partial charge in [0.15, 0.2) is 0 Å². The van der Waals surface area contributed by atoms with E-state index in [-0.39, 0.29) is 5.91 Å². The van der Waals surface area contributed by atoms with E-state index in [0.29, 0.717) is 22.3 Å². The number of aromatic nitrogens is 3. The van der Waals surface area contributed by atoms with Gasteiger partial charge in [0.1, 0.15) is 17.0 Å². The fourth-order valence-corrected chi connectivity index (χ4v) is 2.34. The summed E-state index contributed by atoms with van der Waals surface area (Å²) in [5.74, 6) is 0.414. The van der Waals surface area contributed by atoms with E-state index in [1.54, 1.807) is 0 Å². The van der Waals surface area contributed by atoms with Gasteiger partial charge in [-0.3, -0.25) is 9.89 Å². The minimum Gasteiger partial charge on any atom is -0.344 e. The normalized spacial score (nSPS) is 10.4. The van der Waals surface area contributed by atoms with Gasteiger partial charge in [-0.25, -0.2) is 4.98 Å². The Morgan fingerprint density at radius 1 is 1.69 bits per heavy atom. The van der Waals surface area contributed by atoms with Crippen LogP contribution in [0, 0.1) is 6.92 Å². The second-order valence-corrected chi connectivity index (χ2v) is 4.43. The lowest BCUT2D eigenvalue weighted by atomic mass is 10.3. The predicted molar refractivity (Wildman–Crippen MR) is 61.6 cm³/mol. The predicted octanol–water partition coefficient (Wildman–Crippen LogP) is 1.76. The molecule has 0 saturated heterocycles. The van der Waals surface area contributed by atoms with E-state index in [9.17, 15) is 4.79 Å². The minimum absolute atomic E-state index is 0.195. The van der Waals surface area contributed by atoms with Gasteiger partial charge in [-0.1, -0.05) is 11.6 Å². The molecule has 1 amide bonds. The van der Waals surface area contributed by atoms with Crippen molar-refractivity contribution in [3.63, 3.8) is 0 Å². The molecule has 0 bridgehead atoms. The highest BCUT2D eigenvalue weighted by Crippen LogP contribution is 2.26. The molecule has 16 heavy (non-hydrogen) atoms. The lowest BCUT2D eigenvalue weighted by molar-refractivity contribution is 0.0954. The minimum atomic E-state index is -0.195. The third-order valence-electron chi connectivity index (χ3n) is 1.99. The average molecular weight is 257 g/mol. The van der Waals surface area contributed by atoms with Crippen LogP contribution < -0.4 is 5.32 Å². The first-order chi connectivity index (χ1) is 7.68. The molecular weight excluding hydrogens is 248 g/mol. The molecule has 5 nitrogen and oxygen atoms in total. The molecule has 0 aromatic carbocycles. The summed E-state index contributed by atoms with van der Waals surface area (Å²) in [5, 5.41) is 11.4. The molecule has 0 atom stereocenters. The maximum Gasteiger partial charge on any atom is 0.263 e. The Morgan fingerprint density at radius 2 is 2.50 bits per heavy atom. The van der Waals surface area contributed by atoms with Crippen LogP contribution in [-0.2, 0) is 6.54 Å². The van der Waals surface area contributed by atoms with E-state index in [1.165, 1.54) is 17.7 Å². The molecule has 0 aliphatic heterocycles. The number of amides is 1. The molecule has 2 aromatic heterocycles. The van der Waals surface area contributed by atoms with Gasteiger partial charge >= 0.3 is 0 Å². The summed E-state index contributed by atoms with van der Waals surface area (Å²) < 4.78 is 0. The fraction of sp³-hybridized carbons (Fsp3) is 0.222. The summed E-state index contributed by atoms with van der Waals surface area (Å²) in [6.45, 7) is 2.18. The fourth-order valence-electron chi connectivity index (χ4n) is 1.14. The van der Waals surface area contributed by atoms with E-state index >= 15 is 0 Å². The summed E-state index contributed by atoms with van der Waals surface area (Å²) in [7, 11) is 0. The molecular formula is C9H9ClN4OS. The second-order valence-electron chi connectivity index (χ2n) is 3.18. The molecule has 0 fully saturated rings. The summed E-state index contributed by atoms with van der Waals surface area (Å²) in [6.07, 6.45) is 1.39. The zero-order valence-electron chi connectivity index (χ0n) is 8.45. The van der Waals surface area contributed by atoms with E-state index in [2.05, 4.69) is 20.5 Å². The highest BCUT2D eigenvalue weighted by atomic mass is 35.5. The Bertz CT molecular complexity index is 494. The average Bonchev–Trinajstić information content (AvgIpc) is 2.88. The Morgan fingerprint density at radius 3 is 3.06 bits per heavy atom. The van der Waals surface area contributed by atoms with Crippen molar-refractivity contribution < 1.29 is 4.79 Å². The number of rotatable bonds is 3. The molecule has 2 N–H and O–H groups in total. The van der Waals surface area contributed by atoms with Gasteiger partial charge in [-0.2, -0.15) is 5.10 Å². The molecule has 0 radical (unpaired) electrons. The number of hydrogen-bond donors (Lipinski definition) is 2. The molecule has 2 rings (SSSR count). The third-order valence-corrected chi connectivity index (χ3v) is 3.68. The molecule has 0 unspecified atom stereocenters. The van der Waals surface area contributed by atoms with Crippen LogP contribution in [0.25, 0.3) is 0 Å². The van der Waals surface area contributed by atoms with Crippen molar-refractivity contribution in [3.8, 4) is 0 Å². The number of nitrogens with zero attached hydrogens (tertiary/aromatic N) is 2. The van der Waals surface area contributed by atoms with Crippen molar-refractivity contribution in [1.82, 2.24) is 20.5 Å². The topological polar surface area (TPSA) is 70.7 Å². The smallest absolute Gasteiger partial charge is 0.263 e. The van der Waals surface area contributed by atoms with Gasteiger partial charge in [-0.05, 0) is 17.9 Å². The van der Waals surface area contributed by atoms with Crippen molar-refractivity contribution in [3.05, 3.63) is 33.0 Å². The summed E-state index contributed by atoms with van der Waals surface area (Å²) >= 11 is 7.31. The van der Waals surface area contributed by atoms with Gasteiger partial charge in [0.2, 0.25) is 0 Å². The highest BCUT2D eigenvalue weighted by molar-refractivity contribution is 7.13. The Balaban J connectivity index is 2.01. The molecule has 0 saturated carbocycles. The second kappa shape index (κ2) is 4.63. The molecule has 0 aliphatic carbocycles. The summed E-state index contributed by atoms with van der Waals surface area (Å²) in [5.41, 5.74) is 0.913. The summed E-state index contributed by atoms with van der Waals surface area (Å²) in [6, 6.07) is 0. The molecule has 2 heterocycles. The van der Waals surface area contributed by atoms with Crippen molar-refractivity contribution >= 4 is 28.8 Å². The lowest BCUT2D eigenvalue weighted by Gasteiger charge is -2.01. The standard InChI is InChI=1S/C9H9ClN4OS/c1-5-3-16-8(7(5)10)9(15)11-2-6-12-4-13-14-6/h3-4H,2H2,1H3,(H,11,15)(H,12,13,14). The van der Waals surface area contributed by atoms with Crippen LogP contribution in [0.1, 0.15) is 21.1 Å². The van der Waals surface area contributed by atoms with E-state index in [0.717, 1.165) is 5.56 Å². The van der Waals surface area contributed by atoms with Gasteiger partial charge in [0.05, 0.1) is 11.6 Å². The SMILES string of the molecule is Cc1csc(C(=O)NCc2ncn[nH]2)c1Cl. The van der Waals surface area contributed by atoms with Crippen molar-refractivity contribution in [1.29, 1.82) is 0 Å². The number of H-pyrrole nitrogens is 1. The van der Waals surface area contributed by atoms with Crippen molar-refractivity contribution in [2.75, 3.05) is 0 Å². The van der Waals surface area contributed by atoms with Gasteiger partial charge in [0.25, 0.3) is 5.91 Å². The number of thiophene rings is 1. The van der Waals surface area contributed by atoms with Crippen molar-refractivity contribution in [2.45, 2.75) is 13.5 Å². The molecule has 0 aliphatic rings. The first kappa shape index (κ1) is 11.1. The maximum absolute atomic E-state index is 11.7. The number of hydrogen-bond acceptors (Lipinski definition) is 4. The van der Waals surface area contributed by atoms with E-state index in [1.807, 2.05) is 12.3 Å². The maximum atomic E-state index is 11.7. The van der Waals surface area contributed by atoms with Crippen molar-refractivity contribution in [2.24, 2.45) is 0 Å². The van der Waals surface area contributed by atoms with Crippen LogP contribution in [0.15, 0.2) is 11.7 Å². The van der Waals surface area contributed by atoms with E-state index < -0.39 is 0 Å². The van der Waals surface area contributed by atoms with Crippen LogP contribution in [0.5, 0.6) is 0 Å². The van der Waals surface area contributed by atoms with Crippen LogP contribution in [0.2, 0.25) is 5.02 Å². The molecule has 7 heteroatoms. The quantitative estimate of drug-likeness (QED) is 0.879. The molecule has 0 spiro atoms. The monoisotopic (exact) mass is 256 g/mol. The zero-order valence-corrected chi connectivity index (χ0v) is 10.0. The number of carbonyl (C=O) groups is 1. The van der Waals surface area contributed by atoms with Gasteiger partial charge in [-0.15, -0.1) is 11.3 Å². The van der Waals surface area contributed by atoms with Crippen LogP contribution in [-0.4, -0.2) is 21.1 Å². The van der Waals surface area contributed by atoms with Gasteiger partial charge < -0.3 is 5.32 Å². The number of nitrogens with one attached hydrogen (secondary N) is 2. The van der Waals surface area contributed by atoms with E-state index in [4.69, 9.17) is 11.6 Å².